The van der Waals surface area contributed by atoms with Gasteiger partial charge in [0.05, 0.1) is 72.4 Å². The van der Waals surface area contributed by atoms with E-state index < -0.39 is 33.2 Å². The Kier molecular flexibility index (Phi) is 19.1. The third-order valence-corrected chi connectivity index (χ3v) is 14.4. The maximum atomic E-state index is 13.4. The predicted octanol–water partition coefficient (Wildman–Crippen LogP) is -1.19. The first-order valence-corrected chi connectivity index (χ1v) is 25.9. The zero-order valence-electron chi connectivity index (χ0n) is 44.0. The number of methoxy groups -OCH3 is 3. The number of rotatable bonds is 14. The molecule has 2 fully saturated rings. The molecule has 406 valence electrons. The molecule has 2 saturated heterocycles. The van der Waals surface area contributed by atoms with Crippen LogP contribution in [0.4, 0.5) is 0 Å². The molecule has 0 unspecified atom stereocenters. The number of ether oxygens (including phenoxy) is 3. The van der Waals surface area contributed by atoms with Gasteiger partial charge in [-0.25, -0.2) is 23.4 Å². The summed E-state index contributed by atoms with van der Waals surface area (Å²) in [4.78, 5) is 107. The zero-order chi connectivity index (χ0) is 55.7. The Morgan fingerprint density at radius 2 is 0.975 bits per heavy atom. The minimum Gasteiger partial charge on any atom is -0.857 e. The third-order valence-electron chi connectivity index (χ3n) is 12.7. The Balaban J connectivity index is 0.000000220. The Morgan fingerprint density at radius 1 is 0.570 bits per heavy atom. The van der Waals surface area contributed by atoms with Crippen LogP contribution in [0.25, 0.3) is 33.4 Å². The molecule has 0 spiro atoms. The number of piperazine rings is 2. The van der Waals surface area contributed by atoms with Crippen molar-refractivity contribution in [2.75, 3.05) is 86.6 Å². The molecule has 2 aromatic carbocycles. The summed E-state index contributed by atoms with van der Waals surface area (Å²) in [5.41, 5.74) is 2.16. The van der Waals surface area contributed by atoms with Crippen LogP contribution in [0.15, 0.2) is 103 Å². The fourth-order valence-electron chi connectivity index (χ4n) is 8.79. The monoisotopic (exact) mass is 1110 g/mol. The average Bonchev–Trinajstić information content (AvgIpc) is 4.40. The molecule has 0 atom stereocenters. The van der Waals surface area contributed by atoms with Crippen LogP contribution in [0.5, 0.6) is 17.5 Å². The van der Waals surface area contributed by atoms with Crippen LogP contribution in [0.3, 0.4) is 0 Å². The molecule has 2 aliphatic heterocycles. The summed E-state index contributed by atoms with van der Waals surface area (Å²) in [7, 11) is 1.41. The molecular weight excluding hydrogens is 1060 g/mol. The predicted molar refractivity (Wildman–Crippen MR) is 276 cm³/mol. The fraction of sp³-hybridized carbons (Fsp3) is 0.294. The molecule has 2 N–H and O–H groups in total. The van der Waals surface area contributed by atoms with Gasteiger partial charge in [0.25, 0.3) is 40.4 Å². The smallest absolute Gasteiger partial charge is 0.857 e. The van der Waals surface area contributed by atoms with Crippen LogP contribution in [-0.4, -0.2) is 199 Å². The summed E-state index contributed by atoms with van der Waals surface area (Å²) >= 11 is 0. The molecule has 6 aromatic heterocycles. The van der Waals surface area contributed by atoms with Crippen LogP contribution in [-0.2, 0) is 19.4 Å². The van der Waals surface area contributed by atoms with Gasteiger partial charge in [0.2, 0.25) is 9.84 Å². The van der Waals surface area contributed by atoms with E-state index in [1.54, 1.807) is 65.3 Å². The van der Waals surface area contributed by atoms with E-state index in [0.717, 1.165) is 7.11 Å². The SMILES string of the molecule is CCCS(=O)(=O)c1ncn(-c2ncc(OC)c3c(C(=O)C(=O)N4CCN(C(=O)c5ccccc5)CC4)c[nH]c23)n1.COc1ncn(-c2ncc(OC)c3c(C(=O)C(=O)N4CCN(C(=O)c5ccccc5)CC4)c[nH]c23)n1.C[O-].[Na+]. The second-order valence-corrected chi connectivity index (χ2v) is 19.2. The molecule has 0 radical (unpaired) electrons. The number of pyridine rings is 2. The molecule has 0 aliphatic carbocycles. The Labute approximate surface area is 473 Å². The van der Waals surface area contributed by atoms with Gasteiger partial charge in [0.15, 0.2) is 11.6 Å². The Hall–Kier alpha value is -8.37. The first-order chi connectivity index (χ1) is 37.8. The topological polar surface area (TPSA) is 319 Å². The van der Waals surface area contributed by atoms with Gasteiger partial charge in [-0.05, 0) is 30.7 Å². The van der Waals surface area contributed by atoms with E-state index in [9.17, 15) is 37.2 Å². The minimum absolute atomic E-state index is 0. The normalized spacial score (nSPS) is 13.3. The van der Waals surface area contributed by atoms with E-state index in [1.165, 1.54) is 77.9 Å². The van der Waals surface area contributed by atoms with Crippen molar-refractivity contribution >= 4 is 66.8 Å². The standard InChI is InChI=1S/C26H27N7O6S.C24H23N7O5.CH3O.Na/c1-3-13-40(37,38)26-29-16-33(30-26)23-21-20(19(39-2)15-28-23)18(14-27-21)22(34)25(36)32-11-9-31(10-12-32)24(35)17-7-5-4-6-8-17;1-35-17-13-26-21(31-14-27-24(28-31)36-2)19-18(17)16(12-25-19)20(32)23(34)30-10-8-29(9-11-30)22(33)15-6-4-3-5-7-15;1-2;/h4-8,14-16,27H,3,9-13H2,1-2H3;3-7,12-14,25H,8-11H2,1-2H3;1H3;/q;;-1;+1. The molecule has 28 heteroatoms. The number of sulfone groups is 1. The number of Topliss-reactive ketones (excluding diaryl/α,β-unsaturated/α-hetero) is 2. The van der Waals surface area contributed by atoms with Crippen molar-refractivity contribution in [3.63, 3.8) is 0 Å². The van der Waals surface area contributed by atoms with Crippen LogP contribution < -0.4 is 48.9 Å². The van der Waals surface area contributed by atoms with E-state index in [0.29, 0.717) is 77.1 Å². The van der Waals surface area contributed by atoms with Gasteiger partial charge in [0, 0.05) is 75.9 Å². The summed E-state index contributed by atoms with van der Waals surface area (Å²) in [5, 5.41) is 16.9. The summed E-state index contributed by atoms with van der Waals surface area (Å²) < 4.78 is 43.3. The van der Waals surface area contributed by atoms with Gasteiger partial charge in [-0.2, -0.15) is 21.5 Å². The summed E-state index contributed by atoms with van der Waals surface area (Å²) in [6.07, 6.45) is 8.73. The average molecular weight is 1110 g/mol. The van der Waals surface area contributed by atoms with Crippen molar-refractivity contribution in [3.05, 3.63) is 120 Å². The molecule has 10 rings (SSSR count). The number of carbonyl (C=O) groups excluding carboxylic acids is 6. The number of carbonyl (C=O) groups is 6. The van der Waals surface area contributed by atoms with Crippen molar-refractivity contribution in [1.82, 2.24) is 69.1 Å². The molecule has 8 heterocycles. The number of ketones is 2. The number of nitrogens with zero attached hydrogens (tertiary/aromatic N) is 12. The van der Waals surface area contributed by atoms with E-state index in [4.69, 9.17) is 19.3 Å². The van der Waals surface area contributed by atoms with Crippen LogP contribution >= 0.6 is 0 Å². The number of fused-ring (bicyclic) bond motifs is 2. The number of amides is 4. The number of benzene rings is 2. The van der Waals surface area contributed by atoms with Crippen molar-refractivity contribution in [3.8, 4) is 29.1 Å². The summed E-state index contributed by atoms with van der Waals surface area (Å²) in [6, 6.07) is 18.0. The van der Waals surface area contributed by atoms with Crippen molar-refractivity contribution in [1.29, 1.82) is 0 Å². The number of hydrogen-bond donors (Lipinski definition) is 2. The molecule has 8 aromatic rings. The molecule has 0 bridgehead atoms. The molecule has 0 saturated carbocycles. The van der Waals surface area contributed by atoms with Gasteiger partial charge in [0.1, 0.15) is 24.2 Å². The Morgan fingerprint density at radius 3 is 1.37 bits per heavy atom. The zero-order valence-corrected chi connectivity index (χ0v) is 46.8. The van der Waals surface area contributed by atoms with Gasteiger partial charge in [-0.15, -0.1) is 10.2 Å². The van der Waals surface area contributed by atoms with E-state index >= 15 is 0 Å². The van der Waals surface area contributed by atoms with E-state index in [-0.39, 0.29) is 107 Å². The summed E-state index contributed by atoms with van der Waals surface area (Å²) in [6.45, 7) is 3.96. The van der Waals surface area contributed by atoms with E-state index in [1.807, 2.05) is 12.1 Å². The number of hydrogen-bond acceptors (Lipinski definition) is 18. The quantitative estimate of drug-likeness (QED) is 0.0735. The number of aromatic nitrogens is 10. The molecular formula is C51H53N14NaO12S. The number of H-pyrrole nitrogens is 2. The minimum atomic E-state index is -3.66. The molecule has 79 heavy (non-hydrogen) atoms. The molecule has 26 nitrogen and oxygen atoms in total. The van der Waals surface area contributed by atoms with Crippen LogP contribution in [0.2, 0.25) is 0 Å². The Bertz CT molecular complexity index is 3610. The number of aromatic amines is 2. The summed E-state index contributed by atoms with van der Waals surface area (Å²) in [5.74, 6) is -2.00. The van der Waals surface area contributed by atoms with Crippen LogP contribution in [0, 0.1) is 0 Å². The van der Waals surface area contributed by atoms with Gasteiger partial charge in [-0.1, -0.05) is 43.3 Å². The van der Waals surface area contributed by atoms with Gasteiger partial charge >= 0.3 is 35.6 Å². The second kappa shape index (κ2) is 25.9. The number of nitrogens with one attached hydrogen (secondary N) is 2. The van der Waals surface area contributed by atoms with Gasteiger partial charge < -0.3 is 48.9 Å². The van der Waals surface area contributed by atoms with Gasteiger partial charge in [-0.3, -0.25) is 28.8 Å². The van der Waals surface area contributed by atoms with Crippen molar-refractivity contribution in [2.45, 2.75) is 18.5 Å². The first-order valence-electron chi connectivity index (χ1n) is 24.2. The molecule has 4 amide bonds. The first kappa shape index (κ1) is 58.3. The third kappa shape index (κ3) is 12.2. The maximum absolute atomic E-state index is 13.4. The largest absolute Gasteiger partial charge is 1.00 e. The van der Waals surface area contributed by atoms with Crippen molar-refractivity contribution < 1.29 is 86.1 Å². The molecule has 2 aliphatic rings. The fourth-order valence-corrected chi connectivity index (χ4v) is 9.93. The van der Waals surface area contributed by atoms with E-state index in [2.05, 4.69) is 40.1 Å². The van der Waals surface area contributed by atoms with Crippen molar-refractivity contribution in [2.24, 2.45) is 0 Å². The van der Waals surface area contributed by atoms with Crippen LogP contribution in [0.1, 0.15) is 54.8 Å². The second-order valence-electron chi connectivity index (χ2n) is 17.2. The maximum Gasteiger partial charge on any atom is 1.00 e.